The second-order valence-electron chi connectivity index (χ2n) is 19.0. The lowest BCUT2D eigenvalue weighted by atomic mass is 9.52. The summed E-state index contributed by atoms with van der Waals surface area (Å²) in [6, 6.07) is 36.1. The van der Waals surface area contributed by atoms with Crippen molar-refractivity contribution in [2.45, 2.75) is 103 Å². The van der Waals surface area contributed by atoms with Gasteiger partial charge >= 0.3 is 0 Å². The van der Waals surface area contributed by atoms with Crippen LogP contribution in [0.5, 0.6) is 0 Å². The molecule has 0 saturated heterocycles. The summed E-state index contributed by atoms with van der Waals surface area (Å²) in [5, 5.41) is 19.4. The van der Waals surface area contributed by atoms with Gasteiger partial charge in [0.1, 0.15) is 0 Å². The van der Waals surface area contributed by atoms with E-state index in [0.29, 0.717) is 34.2 Å². The van der Waals surface area contributed by atoms with E-state index in [9.17, 15) is 10.5 Å². The van der Waals surface area contributed by atoms with Crippen molar-refractivity contribution < 1.29 is 0 Å². The van der Waals surface area contributed by atoms with Crippen LogP contribution in [0.25, 0.3) is 45.3 Å². The van der Waals surface area contributed by atoms with Crippen molar-refractivity contribution in [1.29, 1.82) is 10.5 Å². The maximum absolute atomic E-state index is 9.72. The summed E-state index contributed by atoms with van der Waals surface area (Å²) in [6.45, 7) is 10.0. The topological polar surface area (TPSA) is 86.2 Å². The van der Waals surface area contributed by atoms with Crippen LogP contribution in [0, 0.1) is 58.2 Å². The minimum absolute atomic E-state index is 0.255. The number of aromatic nitrogens is 3. The Hall–Kier alpha value is -5.13. The number of nitrogens with zero attached hydrogens (tertiary/aromatic N) is 5. The van der Waals surface area contributed by atoms with Gasteiger partial charge in [-0.05, 0) is 151 Å². The maximum Gasteiger partial charge on any atom is 0.164 e. The van der Waals surface area contributed by atoms with Crippen LogP contribution in [-0.4, -0.2) is 15.0 Å². The summed E-state index contributed by atoms with van der Waals surface area (Å²) in [4.78, 5) is 14.8. The number of nitriles is 2. The molecule has 0 amide bonds. The molecular formula is C51H53N5. The molecule has 1 aromatic heterocycles. The highest BCUT2D eigenvalue weighted by molar-refractivity contribution is 5.72. The summed E-state index contributed by atoms with van der Waals surface area (Å²) < 4.78 is 0. The van der Waals surface area contributed by atoms with E-state index in [4.69, 9.17) is 15.0 Å². The molecule has 0 radical (unpaired) electrons. The molecule has 282 valence electrons. The Morgan fingerprint density at radius 2 is 0.857 bits per heavy atom. The first-order valence-corrected chi connectivity index (χ1v) is 21.1. The van der Waals surface area contributed by atoms with Gasteiger partial charge in [-0.1, -0.05) is 100 Å². The fourth-order valence-electron chi connectivity index (χ4n) is 12.6. The first kappa shape index (κ1) is 36.5. The average Bonchev–Trinajstić information content (AvgIpc) is 3.19. The largest absolute Gasteiger partial charge is 0.208 e. The minimum atomic E-state index is 0.255. The predicted molar refractivity (Wildman–Crippen MR) is 224 cm³/mol. The summed E-state index contributed by atoms with van der Waals surface area (Å²) >= 11 is 0. The third kappa shape index (κ3) is 6.96. The van der Waals surface area contributed by atoms with Gasteiger partial charge in [0, 0.05) is 16.7 Å². The van der Waals surface area contributed by atoms with Gasteiger partial charge in [-0.15, -0.1) is 0 Å². The molecule has 4 bridgehead atoms. The number of hydrogen-bond acceptors (Lipinski definition) is 5. The molecule has 8 atom stereocenters. The molecule has 5 heteroatoms. The van der Waals surface area contributed by atoms with Crippen LogP contribution in [0.15, 0.2) is 91.0 Å². The molecule has 4 aliphatic rings. The van der Waals surface area contributed by atoms with E-state index in [2.05, 4.69) is 82.3 Å². The fraction of sp³-hybridized carbons (Fsp3) is 0.431. The predicted octanol–water partition coefficient (Wildman–Crippen LogP) is 12.5. The zero-order valence-corrected chi connectivity index (χ0v) is 33.4. The highest BCUT2D eigenvalue weighted by atomic mass is 15.0. The van der Waals surface area contributed by atoms with Gasteiger partial charge in [0.15, 0.2) is 17.5 Å². The van der Waals surface area contributed by atoms with Gasteiger partial charge in [-0.25, -0.2) is 15.0 Å². The lowest BCUT2D eigenvalue weighted by molar-refractivity contribution is 0.0738. The molecule has 9 rings (SSSR count). The minimum Gasteiger partial charge on any atom is -0.208 e. The van der Waals surface area contributed by atoms with E-state index in [0.717, 1.165) is 46.6 Å². The van der Waals surface area contributed by atoms with Crippen LogP contribution in [0.4, 0.5) is 0 Å². The number of fused-ring (bicyclic) bond motifs is 4. The van der Waals surface area contributed by atoms with Crippen LogP contribution < -0.4 is 0 Å². The van der Waals surface area contributed by atoms with Gasteiger partial charge in [-0.3, -0.25) is 0 Å². The molecule has 0 aliphatic heterocycles. The molecule has 5 aromatic rings. The van der Waals surface area contributed by atoms with E-state index in [1.807, 2.05) is 30.3 Å². The maximum atomic E-state index is 9.72. The molecule has 1 heterocycles. The van der Waals surface area contributed by atoms with Gasteiger partial charge in [0.2, 0.25) is 0 Å². The van der Waals surface area contributed by atoms with E-state index < -0.39 is 0 Å². The highest BCUT2D eigenvalue weighted by Crippen LogP contribution is 2.58. The van der Waals surface area contributed by atoms with E-state index in [1.165, 1.54) is 75.3 Å². The normalized spacial score (nSPS) is 29.5. The molecule has 4 saturated carbocycles. The Morgan fingerprint density at radius 3 is 1.30 bits per heavy atom. The third-order valence-corrected chi connectivity index (χ3v) is 14.0. The van der Waals surface area contributed by atoms with E-state index in [-0.39, 0.29) is 10.8 Å². The van der Waals surface area contributed by atoms with Crippen molar-refractivity contribution in [3.8, 4) is 57.4 Å². The smallest absolute Gasteiger partial charge is 0.164 e. The van der Waals surface area contributed by atoms with Crippen LogP contribution in [-0.2, 0) is 10.8 Å². The van der Waals surface area contributed by atoms with Gasteiger partial charge < -0.3 is 0 Å². The summed E-state index contributed by atoms with van der Waals surface area (Å²) in [5.41, 5.74) is 9.48. The molecule has 4 unspecified atom stereocenters. The van der Waals surface area contributed by atoms with Crippen LogP contribution >= 0.6 is 0 Å². The van der Waals surface area contributed by atoms with Crippen molar-refractivity contribution in [1.82, 2.24) is 15.0 Å². The van der Waals surface area contributed by atoms with Crippen molar-refractivity contribution in [3.63, 3.8) is 0 Å². The zero-order chi connectivity index (χ0) is 38.6. The van der Waals surface area contributed by atoms with Crippen LogP contribution in [0.2, 0.25) is 0 Å². The Kier molecular flexibility index (Phi) is 9.40. The van der Waals surface area contributed by atoms with Gasteiger partial charge in [0.25, 0.3) is 0 Å². The van der Waals surface area contributed by atoms with Gasteiger partial charge in [0.05, 0.1) is 23.3 Å². The van der Waals surface area contributed by atoms with E-state index >= 15 is 0 Å². The second kappa shape index (κ2) is 14.4. The van der Waals surface area contributed by atoms with Crippen molar-refractivity contribution in [2.75, 3.05) is 0 Å². The van der Waals surface area contributed by atoms with Crippen molar-refractivity contribution >= 4 is 0 Å². The second-order valence-corrected chi connectivity index (χ2v) is 19.0. The lowest BCUT2D eigenvalue weighted by Crippen LogP contribution is -2.44. The SMILES string of the molecule is C[C@@H]1CC2C[C@H](C)CC(c3cc(-c4ccc(-c5nc(-c6ccccc6)nc(-c6cc(C#N)cc(C#N)c6)n5)cc4)cc(C45CC(C[C@@H](C)C4)C[C@H](C)C5)c3)(C2)C1. The summed E-state index contributed by atoms with van der Waals surface area (Å²) in [7, 11) is 0. The lowest BCUT2D eigenvalue weighted by Gasteiger charge is -2.52. The molecule has 0 spiro atoms. The van der Waals surface area contributed by atoms with Crippen LogP contribution in [0.1, 0.15) is 114 Å². The number of benzene rings is 4. The average molecular weight is 736 g/mol. The molecule has 4 aliphatic carbocycles. The van der Waals surface area contributed by atoms with E-state index in [1.54, 1.807) is 29.3 Å². The zero-order valence-electron chi connectivity index (χ0n) is 33.4. The Labute approximate surface area is 333 Å². The Morgan fingerprint density at radius 1 is 0.446 bits per heavy atom. The van der Waals surface area contributed by atoms with Crippen molar-refractivity contribution in [3.05, 3.63) is 113 Å². The summed E-state index contributed by atoms with van der Waals surface area (Å²) in [5.74, 6) is 6.27. The first-order chi connectivity index (χ1) is 27.1. The molecular weight excluding hydrogens is 683 g/mol. The highest BCUT2D eigenvalue weighted by Gasteiger charge is 2.48. The Balaban J connectivity index is 1.15. The monoisotopic (exact) mass is 735 g/mol. The molecule has 4 aromatic carbocycles. The Bertz CT molecular complexity index is 2220. The molecule has 5 nitrogen and oxygen atoms in total. The quantitative estimate of drug-likeness (QED) is 0.173. The fourth-order valence-corrected chi connectivity index (χ4v) is 12.6. The third-order valence-electron chi connectivity index (χ3n) is 14.0. The number of rotatable bonds is 6. The van der Waals surface area contributed by atoms with Crippen LogP contribution in [0.3, 0.4) is 0 Å². The summed E-state index contributed by atoms with van der Waals surface area (Å²) in [6.07, 6.45) is 13.4. The molecule has 56 heavy (non-hydrogen) atoms. The molecule has 4 fully saturated rings. The number of hydrogen-bond donors (Lipinski definition) is 0. The molecule has 0 N–H and O–H groups in total. The first-order valence-electron chi connectivity index (χ1n) is 21.1. The van der Waals surface area contributed by atoms with Gasteiger partial charge in [-0.2, -0.15) is 10.5 Å². The standard InChI is InChI=1S/C51H53N5/c1-32-14-36-15-33(2)25-50(24-32,28-36)45-21-43(22-46(23-45)51-26-34(3)16-37(29-51)17-35(4)27-51)40-10-12-42(13-11-40)48-54-47(41-8-6-5-7-9-41)55-49(56-48)44-19-38(30-52)18-39(20-44)31-53/h5-13,18-23,32-37H,14-17,24-29H2,1-4H3/t32-,33+,34-,35+,36?,37?,50?,51?. The van der Waals surface area contributed by atoms with Crippen molar-refractivity contribution in [2.24, 2.45) is 35.5 Å².